The molecule has 0 saturated heterocycles. The maximum absolute atomic E-state index is 11.2. The Morgan fingerprint density at radius 1 is 1.17 bits per heavy atom. The third kappa shape index (κ3) is 11.4. The lowest BCUT2D eigenvalue weighted by Crippen LogP contribution is -2.29. The van der Waals surface area contributed by atoms with Crippen molar-refractivity contribution < 1.29 is 13.2 Å². The Labute approximate surface area is 110 Å². The first kappa shape index (κ1) is 16.9. The molecule has 1 N–H and O–H groups in total. The van der Waals surface area contributed by atoms with E-state index < -0.39 is 21.5 Å². The summed E-state index contributed by atoms with van der Waals surface area (Å²) in [7, 11) is -3.24. The normalized spacial score (nSPS) is 12.1. The minimum atomic E-state index is -3.24. The van der Waals surface area contributed by atoms with Crippen LogP contribution in [0, 0.1) is 0 Å². The van der Waals surface area contributed by atoms with Gasteiger partial charge in [-0.2, -0.15) is 0 Å². The molecule has 4 nitrogen and oxygen atoms in total. The molecule has 0 aromatic rings. The molecule has 1 amide bonds. The van der Waals surface area contributed by atoms with Crippen molar-refractivity contribution in [2.45, 2.75) is 33.6 Å². The number of hydrogen-bond donors (Lipinski definition) is 1. The molecular weight excluding hydrogens is 250 g/mol. The Morgan fingerprint density at radius 3 is 2.28 bits per heavy atom. The average Bonchev–Trinajstić information content (AvgIpc) is 2.13. The van der Waals surface area contributed by atoms with Crippen molar-refractivity contribution in [2.75, 3.05) is 18.6 Å². The molecule has 0 unspecified atom stereocenters. The molecule has 0 aliphatic rings. The van der Waals surface area contributed by atoms with E-state index >= 15 is 0 Å². The van der Waals surface area contributed by atoms with Crippen LogP contribution in [0.4, 0.5) is 0 Å². The minimum absolute atomic E-state index is 0.384. The molecule has 0 aliphatic carbocycles. The van der Waals surface area contributed by atoms with E-state index in [1.165, 1.54) is 11.1 Å². The summed E-state index contributed by atoms with van der Waals surface area (Å²) in [5, 5.41) is 2.56. The molecule has 0 aromatic carbocycles. The summed E-state index contributed by atoms with van der Waals surface area (Å²) in [5.74, 6) is -0.900. The molecule has 0 rings (SSSR count). The highest BCUT2D eigenvalue weighted by molar-refractivity contribution is 7.91. The van der Waals surface area contributed by atoms with Gasteiger partial charge in [-0.1, -0.05) is 23.3 Å². The van der Waals surface area contributed by atoms with Crippen molar-refractivity contribution in [2.24, 2.45) is 0 Å². The Hall–Kier alpha value is -1.10. The zero-order valence-electron chi connectivity index (χ0n) is 11.6. The maximum Gasteiger partial charge on any atom is 0.235 e. The van der Waals surface area contributed by atoms with Gasteiger partial charge in [0.05, 0.1) is 0 Å². The highest BCUT2D eigenvalue weighted by Gasteiger charge is 2.08. The third-order valence-corrected chi connectivity index (χ3v) is 3.02. The zero-order valence-corrected chi connectivity index (χ0v) is 12.4. The molecule has 0 atom stereocenters. The summed E-state index contributed by atoms with van der Waals surface area (Å²) < 4.78 is 21.7. The van der Waals surface area contributed by atoms with Gasteiger partial charge in [-0.05, 0) is 33.6 Å². The molecule has 5 heteroatoms. The zero-order chi connectivity index (χ0) is 14.2. The van der Waals surface area contributed by atoms with Crippen LogP contribution in [0.5, 0.6) is 0 Å². The fraction of sp³-hybridized carbons (Fsp3) is 0.615. The van der Waals surface area contributed by atoms with Crippen molar-refractivity contribution in [1.29, 1.82) is 0 Å². The SMILES string of the molecule is CC(C)=CCC/C(C)=C/CNC(=O)CS(C)(=O)=O. The van der Waals surface area contributed by atoms with Crippen LogP contribution < -0.4 is 5.32 Å². The van der Waals surface area contributed by atoms with E-state index in [4.69, 9.17) is 0 Å². The molecule has 0 aromatic heterocycles. The van der Waals surface area contributed by atoms with Crippen molar-refractivity contribution in [3.8, 4) is 0 Å². The standard InChI is InChI=1S/C13H23NO3S/c1-11(2)6-5-7-12(3)8-9-14-13(15)10-18(4,16)17/h6,8H,5,7,9-10H2,1-4H3,(H,14,15)/b12-8+. The Bertz CT molecular complexity index is 429. The topological polar surface area (TPSA) is 63.2 Å². The molecule has 0 heterocycles. The van der Waals surface area contributed by atoms with Gasteiger partial charge in [0.2, 0.25) is 5.91 Å². The van der Waals surface area contributed by atoms with E-state index in [9.17, 15) is 13.2 Å². The lowest BCUT2D eigenvalue weighted by molar-refractivity contribution is -0.118. The van der Waals surface area contributed by atoms with E-state index in [-0.39, 0.29) is 0 Å². The summed E-state index contributed by atoms with van der Waals surface area (Å²) >= 11 is 0. The van der Waals surface area contributed by atoms with Gasteiger partial charge in [-0.15, -0.1) is 0 Å². The monoisotopic (exact) mass is 273 g/mol. The van der Waals surface area contributed by atoms with E-state index in [1.807, 2.05) is 13.0 Å². The average molecular weight is 273 g/mol. The number of carbonyl (C=O) groups is 1. The summed E-state index contributed by atoms with van der Waals surface area (Å²) in [6.45, 7) is 6.51. The van der Waals surface area contributed by atoms with E-state index in [0.29, 0.717) is 6.54 Å². The van der Waals surface area contributed by atoms with Gasteiger partial charge in [-0.3, -0.25) is 4.79 Å². The Balaban J connectivity index is 3.94. The number of carbonyl (C=O) groups excluding carboxylic acids is 1. The van der Waals surface area contributed by atoms with Crippen molar-refractivity contribution in [3.63, 3.8) is 0 Å². The number of amides is 1. The van der Waals surface area contributed by atoms with Crippen molar-refractivity contribution in [3.05, 3.63) is 23.3 Å². The molecule has 0 aliphatic heterocycles. The summed E-state index contributed by atoms with van der Waals surface area (Å²) in [6, 6.07) is 0. The fourth-order valence-corrected chi connectivity index (χ4v) is 1.90. The number of hydrogen-bond acceptors (Lipinski definition) is 3. The lowest BCUT2D eigenvalue weighted by atomic mass is 10.1. The lowest BCUT2D eigenvalue weighted by Gasteiger charge is -2.02. The van der Waals surface area contributed by atoms with Crippen LogP contribution in [-0.4, -0.2) is 32.9 Å². The van der Waals surface area contributed by atoms with Crippen LogP contribution in [0.15, 0.2) is 23.3 Å². The van der Waals surface area contributed by atoms with Gasteiger partial charge < -0.3 is 5.32 Å². The second-order valence-corrected chi connectivity index (χ2v) is 6.88. The molecule has 0 bridgehead atoms. The number of nitrogens with one attached hydrogen (secondary N) is 1. The van der Waals surface area contributed by atoms with Crippen LogP contribution in [0.2, 0.25) is 0 Å². The molecule has 0 fully saturated rings. The van der Waals surface area contributed by atoms with Crippen LogP contribution in [0.25, 0.3) is 0 Å². The Kier molecular flexibility index (Phi) is 7.59. The minimum Gasteiger partial charge on any atom is -0.352 e. The van der Waals surface area contributed by atoms with Crippen molar-refractivity contribution in [1.82, 2.24) is 5.32 Å². The number of sulfone groups is 1. The molecule has 0 saturated carbocycles. The molecule has 104 valence electrons. The predicted octanol–water partition coefficient (Wildman–Crippen LogP) is 1.84. The largest absolute Gasteiger partial charge is 0.352 e. The first-order valence-corrected chi connectivity index (χ1v) is 8.00. The van der Waals surface area contributed by atoms with E-state index in [2.05, 4.69) is 25.2 Å². The van der Waals surface area contributed by atoms with Gasteiger partial charge in [0, 0.05) is 12.8 Å². The van der Waals surface area contributed by atoms with Crippen molar-refractivity contribution >= 4 is 15.7 Å². The van der Waals surface area contributed by atoms with Gasteiger partial charge in [0.15, 0.2) is 9.84 Å². The summed E-state index contributed by atoms with van der Waals surface area (Å²) in [5.41, 5.74) is 2.48. The van der Waals surface area contributed by atoms with Gasteiger partial charge in [0.25, 0.3) is 0 Å². The van der Waals surface area contributed by atoms with E-state index in [1.54, 1.807) is 0 Å². The quantitative estimate of drug-likeness (QED) is 0.720. The number of allylic oxidation sites excluding steroid dienone is 3. The van der Waals surface area contributed by atoms with Crippen LogP contribution in [0.3, 0.4) is 0 Å². The Morgan fingerprint density at radius 2 is 1.78 bits per heavy atom. The third-order valence-electron chi connectivity index (χ3n) is 2.23. The predicted molar refractivity (Wildman–Crippen MR) is 75.1 cm³/mol. The van der Waals surface area contributed by atoms with Gasteiger partial charge in [0.1, 0.15) is 5.75 Å². The van der Waals surface area contributed by atoms with Gasteiger partial charge in [-0.25, -0.2) is 8.42 Å². The smallest absolute Gasteiger partial charge is 0.235 e. The first-order chi connectivity index (χ1) is 8.20. The van der Waals surface area contributed by atoms with Crippen LogP contribution >= 0.6 is 0 Å². The second-order valence-electron chi connectivity index (χ2n) is 4.74. The second kappa shape index (κ2) is 8.08. The fourth-order valence-electron chi connectivity index (χ4n) is 1.32. The molecule has 0 spiro atoms. The summed E-state index contributed by atoms with van der Waals surface area (Å²) in [6.07, 6.45) is 7.07. The van der Waals surface area contributed by atoms with Crippen LogP contribution in [0.1, 0.15) is 33.6 Å². The van der Waals surface area contributed by atoms with Crippen LogP contribution in [-0.2, 0) is 14.6 Å². The molecular formula is C13H23NO3S. The molecule has 0 radical (unpaired) electrons. The number of rotatable bonds is 7. The molecule has 18 heavy (non-hydrogen) atoms. The maximum atomic E-state index is 11.2. The first-order valence-electron chi connectivity index (χ1n) is 5.94. The highest BCUT2D eigenvalue weighted by Crippen LogP contribution is 2.05. The van der Waals surface area contributed by atoms with Gasteiger partial charge >= 0.3 is 0 Å². The van der Waals surface area contributed by atoms with E-state index in [0.717, 1.165) is 19.1 Å². The summed E-state index contributed by atoms with van der Waals surface area (Å²) in [4.78, 5) is 11.2. The highest BCUT2D eigenvalue weighted by atomic mass is 32.2.